The van der Waals surface area contributed by atoms with Crippen LogP contribution in [0.15, 0.2) is 6.20 Å². The average Bonchev–Trinajstić information content (AvgIpc) is 2.31. The molecule has 1 unspecified atom stereocenters. The molecule has 0 saturated heterocycles. The van der Waals surface area contributed by atoms with E-state index >= 15 is 0 Å². The number of anilines is 2. The molecule has 1 heterocycles. The van der Waals surface area contributed by atoms with E-state index in [0.29, 0.717) is 12.6 Å². The summed E-state index contributed by atoms with van der Waals surface area (Å²) in [5.41, 5.74) is 0. The van der Waals surface area contributed by atoms with E-state index in [4.69, 9.17) is 4.74 Å². The van der Waals surface area contributed by atoms with Crippen LogP contribution in [-0.4, -0.2) is 36.8 Å². The molecule has 5 nitrogen and oxygen atoms in total. The van der Waals surface area contributed by atoms with E-state index in [9.17, 15) is 4.39 Å². The lowest BCUT2D eigenvalue weighted by atomic mass is 10.2. The minimum atomic E-state index is -0.464. The standard InChI is InChI=1S/C10H17FN4O/c1-4-7(6-16-3)14-9-8(11)5-13-10(12-2)15-9/h5,7H,4,6H2,1-3H3,(H2,12,13,14,15). The van der Waals surface area contributed by atoms with Crippen molar-refractivity contribution in [3.63, 3.8) is 0 Å². The third-order valence-corrected chi connectivity index (χ3v) is 2.17. The van der Waals surface area contributed by atoms with Gasteiger partial charge in [-0.25, -0.2) is 9.37 Å². The second kappa shape index (κ2) is 6.22. The molecule has 1 aromatic rings. The molecule has 0 radical (unpaired) electrons. The highest BCUT2D eigenvalue weighted by Crippen LogP contribution is 2.13. The van der Waals surface area contributed by atoms with Crippen molar-refractivity contribution in [3.05, 3.63) is 12.0 Å². The summed E-state index contributed by atoms with van der Waals surface area (Å²) in [6.45, 7) is 2.50. The van der Waals surface area contributed by atoms with Gasteiger partial charge in [0.05, 0.1) is 18.8 Å². The summed E-state index contributed by atoms with van der Waals surface area (Å²) in [4.78, 5) is 7.76. The molecule has 1 aromatic heterocycles. The first kappa shape index (κ1) is 12.6. The van der Waals surface area contributed by atoms with E-state index in [-0.39, 0.29) is 11.9 Å². The van der Waals surface area contributed by atoms with Gasteiger partial charge in [0.1, 0.15) is 0 Å². The Labute approximate surface area is 94.4 Å². The maximum atomic E-state index is 13.4. The zero-order valence-corrected chi connectivity index (χ0v) is 9.75. The third kappa shape index (κ3) is 3.30. The molecule has 0 aromatic carbocycles. The Morgan fingerprint density at radius 2 is 2.31 bits per heavy atom. The summed E-state index contributed by atoms with van der Waals surface area (Å²) < 4.78 is 18.4. The molecule has 0 aliphatic heterocycles. The fourth-order valence-electron chi connectivity index (χ4n) is 1.24. The molecule has 0 amide bonds. The molecule has 1 rings (SSSR count). The largest absolute Gasteiger partial charge is 0.383 e. The molecule has 0 bridgehead atoms. The zero-order valence-electron chi connectivity index (χ0n) is 9.75. The Hall–Kier alpha value is -1.43. The van der Waals surface area contributed by atoms with Crippen molar-refractivity contribution in [1.82, 2.24) is 9.97 Å². The highest BCUT2D eigenvalue weighted by Gasteiger charge is 2.11. The third-order valence-electron chi connectivity index (χ3n) is 2.17. The zero-order chi connectivity index (χ0) is 12.0. The number of hydrogen-bond donors (Lipinski definition) is 2. The molecule has 1 atom stereocenters. The number of halogens is 1. The minimum absolute atomic E-state index is 0.0408. The van der Waals surface area contributed by atoms with Gasteiger partial charge < -0.3 is 15.4 Å². The summed E-state index contributed by atoms with van der Waals surface area (Å²) in [5.74, 6) is 0.118. The van der Waals surface area contributed by atoms with Gasteiger partial charge in [-0.3, -0.25) is 0 Å². The van der Waals surface area contributed by atoms with Gasteiger partial charge in [0.15, 0.2) is 11.6 Å². The van der Waals surface area contributed by atoms with Crippen LogP contribution in [0.25, 0.3) is 0 Å². The Morgan fingerprint density at radius 1 is 1.56 bits per heavy atom. The van der Waals surface area contributed by atoms with Gasteiger partial charge >= 0.3 is 0 Å². The Bertz CT molecular complexity index is 335. The van der Waals surface area contributed by atoms with Gasteiger partial charge in [-0.1, -0.05) is 6.92 Å². The van der Waals surface area contributed by atoms with Crippen LogP contribution in [0.3, 0.4) is 0 Å². The fourth-order valence-corrected chi connectivity index (χ4v) is 1.24. The molecule has 2 N–H and O–H groups in total. The lowest BCUT2D eigenvalue weighted by molar-refractivity contribution is 0.184. The van der Waals surface area contributed by atoms with Crippen molar-refractivity contribution in [3.8, 4) is 0 Å². The molecule has 6 heteroatoms. The number of nitrogens with one attached hydrogen (secondary N) is 2. The molecular formula is C10H17FN4O. The van der Waals surface area contributed by atoms with Crippen molar-refractivity contribution in [2.75, 3.05) is 31.4 Å². The number of methoxy groups -OCH3 is 1. The first-order valence-electron chi connectivity index (χ1n) is 5.17. The second-order valence-corrected chi connectivity index (χ2v) is 3.35. The number of nitrogens with zero attached hydrogens (tertiary/aromatic N) is 2. The van der Waals surface area contributed by atoms with Crippen molar-refractivity contribution in [2.24, 2.45) is 0 Å². The fraction of sp³-hybridized carbons (Fsp3) is 0.600. The maximum absolute atomic E-state index is 13.4. The normalized spacial score (nSPS) is 12.2. The van der Waals surface area contributed by atoms with Crippen LogP contribution in [0, 0.1) is 5.82 Å². The van der Waals surface area contributed by atoms with Gasteiger partial charge in [0.25, 0.3) is 0 Å². The quantitative estimate of drug-likeness (QED) is 0.772. The summed E-state index contributed by atoms with van der Waals surface area (Å²) in [6, 6.07) is 0.0408. The Kier molecular flexibility index (Phi) is 4.91. The van der Waals surface area contributed by atoms with Crippen LogP contribution < -0.4 is 10.6 Å². The van der Waals surface area contributed by atoms with Crippen LogP contribution in [0.2, 0.25) is 0 Å². The number of ether oxygens (including phenoxy) is 1. The molecule has 0 aliphatic rings. The molecule has 90 valence electrons. The Balaban J connectivity index is 2.77. The van der Waals surface area contributed by atoms with Crippen molar-refractivity contribution in [2.45, 2.75) is 19.4 Å². The van der Waals surface area contributed by atoms with Gasteiger partial charge in [-0.15, -0.1) is 0 Å². The van der Waals surface area contributed by atoms with E-state index in [1.54, 1.807) is 14.2 Å². The number of rotatable bonds is 6. The summed E-state index contributed by atoms with van der Waals surface area (Å²) >= 11 is 0. The summed E-state index contributed by atoms with van der Waals surface area (Å²) in [6.07, 6.45) is 1.97. The van der Waals surface area contributed by atoms with Gasteiger partial charge in [0.2, 0.25) is 5.95 Å². The van der Waals surface area contributed by atoms with Crippen LogP contribution in [0.1, 0.15) is 13.3 Å². The first-order valence-corrected chi connectivity index (χ1v) is 5.17. The average molecular weight is 228 g/mol. The van der Waals surface area contributed by atoms with Gasteiger partial charge in [0, 0.05) is 14.2 Å². The molecule has 0 saturated carbocycles. The SMILES string of the molecule is CCC(COC)Nc1nc(NC)ncc1F. The van der Waals surface area contributed by atoms with Crippen LogP contribution in [0.5, 0.6) is 0 Å². The van der Waals surface area contributed by atoms with Gasteiger partial charge in [-0.2, -0.15) is 4.98 Å². The maximum Gasteiger partial charge on any atom is 0.224 e. The summed E-state index contributed by atoms with van der Waals surface area (Å²) in [5, 5.41) is 5.74. The molecular weight excluding hydrogens is 211 g/mol. The van der Waals surface area contributed by atoms with Gasteiger partial charge in [-0.05, 0) is 6.42 Å². The smallest absolute Gasteiger partial charge is 0.224 e. The summed E-state index contributed by atoms with van der Waals surface area (Å²) in [7, 11) is 3.29. The molecule has 0 fully saturated rings. The topological polar surface area (TPSA) is 59.1 Å². The van der Waals surface area contributed by atoms with E-state index in [1.165, 1.54) is 0 Å². The van der Waals surface area contributed by atoms with Crippen molar-refractivity contribution >= 4 is 11.8 Å². The van der Waals surface area contributed by atoms with E-state index < -0.39 is 5.82 Å². The van der Waals surface area contributed by atoms with E-state index in [2.05, 4.69) is 20.6 Å². The van der Waals surface area contributed by atoms with Crippen molar-refractivity contribution in [1.29, 1.82) is 0 Å². The molecule has 0 aliphatic carbocycles. The first-order chi connectivity index (χ1) is 7.71. The van der Waals surface area contributed by atoms with Crippen LogP contribution in [0.4, 0.5) is 16.2 Å². The van der Waals surface area contributed by atoms with Crippen LogP contribution >= 0.6 is 0 Å². The van der Waals surface area contributed by atoms with Crippen LogP contribution in [-0.2, 0) is 4.74 Å². The van der Waals surface area contributed by atoms with E-state index in [1.807, 2.05) is 6.92 Å². The molecule has 0 spiro atoms. The van der Waals surface area contributed by atoms with Crippen molar-refractivity contribution < 1.29 is 9.13 Å². The molecule has 16 heavy (non-hydrogen) atoms. The minimum Gasteiger partial charge on any atom is -0.383 e. The number of aromatic nitrogens is 2. The monoisotopic (exact) mass is 228 g/mol. The lowest BCUT2D eigenvalue weighted by Gasteiger charge is -2.17. The predicted octanol–water partition coefficient (Wildman–Crippen LogP) is 1.49. The lowest BCUT2D eigenvalue weighted by Crippen LogP contribution is -2.25. The van der Waals surface area contributed by atoms with E-state index in [0.717, 1.165) is 12.6 Å². The second-order valence-electron chi connectivity index (χ2n) is 3.35. The predicted molar refractivity (Wildman–Crippen MR) is 61.1 cm³/mol. The number of hydrogen-bond acceptors (Lipinski definition) is 5. The Morgan fingerprint density at radius 3 is 2.88 bits per heavy atom. The highest BCUT2D eigenvalue weighted by molar-refractivity contribution is 5.41. The highest BCUT2D eigenvalue weighted by atomic mass is 19.1.